The maximum atomic E-state index is 16.3. The van der Waals surface area contributed by atoms with Crippen molar-refractivity contribution in [1.29, 1.82) is 0 Å². The van der Waals surface area contributed by atoms with E-state index in [2.05, 4.69) is 51.0 Å². The van der Waals surface area contributed by atoms with Gasteiger partial charge in [-0.3, -0.25) is 19.9 Å². The van der Waals surface area contributed by atoms with Gasteiger partial charge in [-0.25, -0.2) is 46.9 Å². The van der Waals surface area contributed by atoms with Crippen LogP contribution in [0.5, 0.6) is 0 Å². The van der Waals surface area contributed by atoms with Crippen LogP contribution >= 0.6 is 7.82 Å². The van der Waals surface area contributed by atoms with Crippen molar-refractivity contribution in [3.63, 3.8) is 0 Å². The molecule has 3 fully saturated rings. The number of carbonyl (C=O) groups is 5. The minimum Gasteiger partial charge on any atom is -0.465 e. The van der Waals surface area contributed by atoms with Crippen LogP contribution in [0.15, 0.2) is 67.0 Å². The van der Waals surface area contributed by atoms with Crippen molar-refractivity contribution in [1.82, 2.24) is 46.0 Å². The molecule has 0 radical (unpaired) electrons. The Kier molecular flexibility index (Phi) is 21.6. The van der Waals surface area contributed by atoms with Crippen molar-refractivity contribution in [2.75, 3.05) is 51.7 Å². The largest absolute Gasteiger partial charge is 0.510 e. The first-order valence-electron chi connectivity index (χ1n) is 26.9. The standard InChI is InChI=1S/C54H61F10N10O14P/c1-51(2,53(59,60)61)43(67-48(77)78)45(75)66-40(18-30-9-6-29(7-10-30)8-11-31-12-15-42(65-21-31)71-22-33-13-14-34(23-71)74(33)35-26-85-27-35)41(88-50(80)86-28-87-89(81,82)83)25-72(70-46(76)44(68-49(79)84-5)52(3,4)54(62,63)64)24-36-37(55)19-32(20-38(36)56)39-16-17-73(69-39)47(57)58/h6-7,9-10,12,15-17,19-21,33-35,40-41,43-44,47,67H,13-14,18,22-28H2,1-5H3,(H,66,75)(H,68,79)(H,70,76)(H,77,78)(H2,81,82,83)/t33?,34?,40-,41-,43+,44+/m0/s1. The maximum Gasteiger partial charge on any atom is 0.510 e. The molecule has 4 aromatic rings. The van der Waals surface area contributed by atoms with E-state index < -0.39 is 147 Å². The molecule has 2 bridgehead atoms. The summed E-state index contributed by atoms with van der Waals surface area (Å²) in [4.78, 5) is 94.6. The van der Waals surface area contributed by atoms with Crippen molar-refractivity contribution in [2.24, 2.45) is 10.8 Å². The Bertz CT molecular complexity index is 3270. The number of fused-ring (bicyclic) bond motifs is 2. The zero-order valence-corrected chi connectivity index (χ0v) is 48.7. The Labute approximate surface area is 500 Å². The first kappa shape index (κ1) is 68.7. The third-order valence-electron chi connectivity index (χ3n) is 15.2. The van der Waals surface area contributed by atoms with Crippen LogP contribution in [-0.4, -0.2) is 171 Å². The Hall–Kier alpha value is -7.80. The highest BCUT2D eigenvalue weighted by atomic mass is 31.2. The molecule has 4 amide bonds. The molecule has 2 aromatic carbocycles. The van der Waals surface area contributed by atoms with Gasteiger partial charge in [-0.1, -0.05) is 24.0 Å². The monoisotopic (exact) mass is 1290 g/mol. The number of piperazine rings is 1. The fourth-order valence-corrected chi connectivity index (χ4v) is 10.2. The summed E-state index contributed by atoms with van der Waals surface area (Å²) in [7, 11) is -4.72. The van der Waals surface area contributed by atoms with Crippen LogP contribution in [0.3, 0.4) is 0 Å². The Balaban J connectivity index is 1.28. The summed E-state index contributed by atoms with van der Waals surface area (Å²) in [5, 5.41) is 18.9. The van der Waals surface area contributed by atoms with Crippen molar-refractivity contribution < 1.29 is 111 Å². The van der Waals surface area contributed by atoms with Crippen LogP contribution in [0.25, 0.3) is 11.3 Å². The predicted molar refractivity (Wildman–Crippen MR) is 288 cm³/mol. The molecular formula is C54H61F10N10O14P. The number of carbonyl (C=O) groups excluding carboxylic acids is 4. The summed E-state index contributed by atoms with van der Waals surface area (Å²) >= 11 is 0. The second kappa shape index (κ2) is 27.9. The highest BCUT2D eigenvalue weighted by Gasteiger charge is 2.57. The highest BCUT2D eigenvalue weighted by molar-refractivity contribution is 7.46. The van der Waals surface area contributed by atoms with Crippen LogP contribution in [-0.2, 0) is 50.6 Å². The van der Waals surface area contributed by atoms with Crippen molar-refractivity contribution >= 4 is 43.8 Å². The number of alkyl carbamates (subject to hydrolysis) is 1. The smallest absolute Gasteiger partial charge is 0.465 e. The SMILES string of the molecule is COC(=O)N[C@H](C(=O)NN(Cc1c(F)cc(-c2ccn(C(F)F)n2)cc1F)C[C@H](OC(=O)OCOP(=O)(O)O)[C@H](Cc1ccc(C#Cc2ccc(N3CC4CCC(C3)N4C3COC3)nc2)cc1)NC(=O)[C@@H](NC(=O)O)C(C)(C)C(F)(F)F)C(C)(C)C(F)(F)F. The highest BCUT2D eigenvalue weighted by Crippen LogP contribution is 2.43. The van der Waals surface area contributed by atoms with Gasteiger partial charge in [-0.05, 0) is 95.0 Å². The molecule has 0 saturated carbocycles. The molecule has 89 heavy (non-hydrogen) atoms. The number of pyridine rings is 1. The maximum absolute atomic E-state index is 16.3. The summed E-state index contributed by atoms with van der Waals surface area (Å²) in [6.45, 7) is -2.79. The van der Waals surface area contributed by atoms with Crippen molar-refractivity contribution in [2.45, 2.75) is 115 Å². The number of nitrogens with one attached hydrogen (secondary N) is 4. The number of phosphoric acid groups is 1. The number of aromatic nitrogens is 3. The number of amides is 4. The van der Waals surface area contributed by atoms with E-state index in [1.807, 2.05) is 11.5 Å². The molecular weight excluding hydrogens is 1230 g/mol. The van der Waals surface area contributed by atoms with E-state index in [9.17, 15) is 78.6 Å². The second-order valence-electron chi connectivity index (χ2n) is 22.0. The number of benzene rings is 2. The van der Waals surface area contributed by atoms with Gasteiger partial charge < -0.3 is 54.7 Å². The summed E-state index contributed by atoms with van der Waals surface area (Å²) in [6, 6.07) is 4.77. The van der Waals surface area contributed by atoms with E-state index in [1.165, 1.54) is 29.6 Å². The quantitative estimate of drug-likeness (QED) is 0.0101. The molecule has 2 aromatic heterocycles. The van der Waals surface area contributed by atoms with Gasteiger partial charge in [-0.15, -0.1) is 0 Å². The number of nitrogens with zero attached hydrogens (tertiary/aromatic N) is 6. The first-order chi connectivity index (χ1) is 41.5. The van der Waals surface area contributed by atoms with E-state index in [4.69, 9.17) is 9.47 Å². The second-order valence-corrected chi connectivity index (χ2v) is 23.3. The number of phosphoric ester groups is 1. The number of alkyl halides is 8. The molecule has 0 spiro atoms. The fourth-order valence-electron chi connectivity index (χ4n) is 10.0. The van der Waals surface area contributed by atoms with E-state index in [0.29, 0.717) is 94.4 Å². The van der Waals surface area contributed by atoms with Gasteiger partial charge in [0.1, 0.15) is 35.6 Å². The number of rotatable bonds is 23. The number of hydrazine groups is 1. The third kappa shape index (κ3) is 17.3. The molecule has 5 heterocycles. The lowest BCUT2D eigenvalue weighted by atomic mass is 9.82. The normalized spacial score (nSPS) is 18.0. The van der Waals surface area contributed by atoms with Gasteiger partial charge in [-0.2, -0.15) is 40.2 Å². The molecule has 2 unspecified atom stereocenters. The Morgan fingerprint density at radius 3 is 1.91 bits per heavy atom. The van der Waals surface area contributed by atoms with E-state index >= 15 is 8.78 Å². The van der Waals surface area contributed by atoms with Crippen LogP contribution in [0, 0.1) is 34.3 Å². The minimum absolute atomic E-state index is 0.0715. The van der Waals surface area contributed by atoms with Gasteiger partial charge in [0.05, 0.1) is 55.5 Å². The van der Waals surface area contributed by atoms with Crippen LogP contribution in [0.4, 0.5) is 64.1 Å². The summed E-state index contributed by atoms with van der Waals surface area (Å²) < 4.78 is 183. The molecule has 0 aliphatic carbocycles. The average Bonchev–Trinajstić information content (AvgIpc) is 1.81. The molecule has 7 N–H and O–H groups in total. The number of halogens is 10. The lowest BCUT2D eigenvalue weighted by Gasteiger charge is -2.47. The van der Waals surface area contributed by atoms with Gasteiger partial charge in [0.25, 0.3) is 5.91 Å². The molecule has 3 aliphatic heterocycles. The van der Waals surface area contributed by atoms with Crippen LogP contribution in [0.2, 0.25) is 0 Å². The lowest BCUT2D eigenvalue weighted by Crippen LogP contribution is -2.64. The molecule has 7 rings (SSSR count). The molecule has 6 atom stereocenters. The van der Waals surface area contributed by atoms with Gasteiger partial charge in [0.2, 0.25) is 12.7 Å². The van der Waals surface area contributed by atoms with Crippen molar-refractivity contribution in [3.8, 4) is 23.1 Å². The summed E-state index contributed by atoms with van der Waals surface area (Å²) in [6.07, 6.45) is -15.2. The number of ether oxygens (including phenoxy) is 4. The number of hydrogen-bond donors (Lipinski definition) is 7. The molecule has 3 aliphatic rings. The minimum atomic E-state index is -5.43. The Morgan fingerprint density at radius 1 is 0.820 bits per heavy atom. The summed E-state index contributed by atoms with van der Waals surface area (Å²) in [5.41, 5.74) is -5.67. The topological polar surface area (TPSA) is 298 Å². The molecule has 24 nitrogen and oxygen atoms in total. The molecule has 486 valence electrons. The fraction of sp³-hybridized carbons (Fsp3) is 0.500. The number of carboxylic acid groups (broad SMARTS) is 1. The number of methoxy groups -OCH3 is 1. The summed E-state index contributed by atoms with van der Waals surface area (Å²) in [5.74, 6) is -0.108. The van der Waals surface area contributed by atoms with Crippen LogP contribution < -0.4 is 26.3 Å². The lowest BCUT2D eigenvalue weighted by molar-refractivity contribution is -0.221. The van der Waals surface area contributed by atoms with Crippen molar-refractivity contribution in [3.05, 3.63) is 101 Å². The molecule has 3 saturated heterocycles. The van der Waals surface area contributed by atoms with Gasteiger partial charge in [0, 0.05) is 66.4 Å². The zero-order valence-electron chi connectivity index (χ0n) is 47.8. The van der Waals surface area contributed by atoms with Gasteiger partial charge in [0.15, 0.2) is 0 Å². The van der Waals surface area contributed by atoms with E-state index in [1.54, 1.807) is 17.6 Å². The van der Waals surface area contributed by atoms with Crippen LogP contribution in [0.1, 0.15) is 69.3 Å². The van der Waals surface area contributed by atoms with Gasteiger partial charge >= 0.3 is 45.1 Å². The average molecular weight is 1300 g/mol. The van der Waals surface area contributed by atoms with E-state index in [0.717, 1.165) is 44.0 Å². The zero-order chi connectivity index (χ0) is 65.6. The Morgan fingerprint density at radius 2 is 1.40 bits per heavy atom. The van der Waals surface area contributed by atoms with E-state index in [-0.39, 0.29) is 10.2 Å². The predicted octanol–water partition coefficient (Wildman–Crippen LogP) is 6.76. The first-order valence-corrected chi connectivity index (χ1v) is 28.4. The third-order valence-corrected chi connectivity index (χ3v) is 15.7. The number of hydrogen-bond acceptors (Lipinski definition) is 16. The molecule has 35 heteroatoms. The number of anilines is 1.